The highest BCUT2D eigenvalue weighted by Crippen LogP contribution is 2.60. The van der Waals surface area contributed by atoms with E-state index in [9.17, 15) is 14.7 Å². The Bertz CT molecular complexity index is 740. The first-order valence-electron chi connectivity index (χ1n) is 11.1. The molecular formula is C25H43N3O3S2. The Morgan fingerprint density at radius 3 is 1.36 bits per heavy atom. The quantitative estimate of drug-likeness (QED) is 0.253. The molecule has 0 spiro atoms. The number of thiol groups is 1. The lowest BCUT2D eigenvalue weighted by Gasteiger charge is -2.18. The second-order valence-corrected chi connectivity index (χ2v) is 7.90. The average Bonchev–Trinajstić information content (AvgIpc) is 2.88. The van der Waals surface area contributed by atoms with Gasteiger partial charge in [0, 0.05) is 18.6 Å². The maximum absolute atomic E-state index is 10.7. The molecule has 0 N–H and O–H groups in total. The molecule has 188 valence electrons. The van der Waals surface area contributed by atoms with Gasteiger partial charge in [0.05, 0.1) is 4.90 Å². The maximum Gasteiger partial charge on any atom is 0.197 e. The number of nitrogens with zero attached hydrogens (tertiary/aromatic N) is 3. The van der Waals surface area contributed by atoms with Crippen LogP contribution in [0.25, 0.3) is 0 Å². The summed E-state index contributed by atoms with van der Waals surface area (Å²) in [6.45, 7) is 25.7. The first-order valence-corrected chi connectivity index (χ1v) is 13.0. The van der Waals surface area contributed by atoms with E-state index in [2.05, 4.69) is 77.6 Å². The molecular weight excluding hydrogens is 454 g/mol. The van der Waals surface area contributed by atoms with Gasteiger partial charge < -0.3 is 0 Å². The minimum absolute atomic E-state index is 0.187. The van der Waals surface area contributed by atoms with E-state index in [0.717, 1.165) is 10.5 Å². The molecule has 0 radical (unpaired) electrons. The number of hydrogen-bond acceptors (Lipinski definition) is 7. The molecule has 0 unspecified atom stereocenters. The van der Waals surface area contributed by atoms with Crippen LogP contribution in [0.2, 0.25) is 0 Å². The fourth-order valence-corrected chi connectivity index (χ4v) is 3.62. The van der Waals surface area contributed by atoms with Gasteiger partial charge in [-0.15, -0.1) is 40.5 Å². The number of nitroso groups, excluding NO2 is 3. The van der Waals surface area contributed by atoms with Gasteiger partial charge in [-0.2, -0.15) is 0 Å². The molecule has 0 heterocycles. The Hall–Kier alpha value is -2.32. The van der Waals surface area contributed by atoms with Crippen molar-refractivity contribution in [2.24, 2.45) is 13.7 Å². The van der Waals surface area contributed by atoms with Crippen LogP contribution in [0.15, 0.2) is 73.1 Å². The van der Waals surface area contributed by atoms with Crippen LogP contribution < -0.4 is 0 Å². The lowest BCUT2D eigenvalue weighted by molar-refractivity contribution is 1.05. The van der Waals surface area contributed by atoms with Crippen LogP contribution in [0.3, 0.4) is 0 Å². The molecule has 0 bridgehead atoms. The average molecular weight is 498 g/mol. The topological polar surface area (TPSA) is 88.3 Å². The van der Waals surface area contributed by atoms with Crippen LogP contribution >= 0.6 is 23.2 Å². The second kappa shape index (κ2) is 24.3. The van der Waals surface area contributed by atoms with Crippen molar-refractivity contribution in [1.82, 2.24) is 0 Å². The number of hydrogen-bond donors (Lipinski definition) is 1. The largest absolute Gasteiger partial charge is 0.197 e. The van der Waals surface area contributed by atoms with Crippen molar-refractivity contribution < 1.29 is 0 Å². The van der Waals surface area contributed by atoms with Crippen molar-refractivity contribution in [2.45, 2.75) is 85.4 Å². The maximum atomic E-state index is 10.7. The SMILES string of the molecule is C=C.CC.CC.CC.CCc1cc(S(N=O)(N=O)N=O)c(C)cc1S.Cc1ccc(C)cc1. The van der Waals surface area contributed by atoms with Crippen LogP contribution in [0.5, 0.6) is 0 Å². The molecule has 0 aliphatic carbocycles. The summed E-state index contributed by atoms with van der Waals surface area (Å²) in [5.74, 6) is 0. The van der Waals surface area contributed by atoms with Gasteiger partial charge in [-0.25, -0.2) is 0 Å². The Morgan fingerprint density at radius 2 is 1.09 bits per heavy atom. The van der Waals surface area contributed by atoms with E-state index in [-0.39, 0.29) is 4.90 Å². The van der Waals surface area contributed by atoms with Crippen LogP contribution in [0.1, 0.15) is 70.7 Å². The van der Waals surface area contributed by atoms with Gasteiger partial charge >= 0.3 is 0 Å². The summed E-state index contributed by atoms with van der Waals surface area (Å²) in [7, 11) is -3.39. The van der Waals surface area contributed by atoms with Gasteiger partial charge in [0.1, 0.15) is 0 Å². The molecule has 0 aromatic heterocycles. The van der Waals surface area contributed by atoms with Gasteiger partial charge in [-0.3, -0.25) is 0 Å². The van der Waals surface area contributed by atoms with Gasteiger partial charge in [-0.1, -0.05) is 83.9 Å². The highest BCUT2D eigenvalue weighted by molar-refractivity contribution is 8.30. The predicted octanol–water partition coefficient (Wildman–Crippen LogP) is 10.2. The van der Waals surface area contributed by atoms with E-state index in [1.54, 1.807) is 19.1 Å². The van der Waals surface area contributed by atoms with Crippen molar-refractivity contribution in [3.05, 3.63) is 86.5 Å². The lowest BCUT2D eigenvalue weighted by Crippen LogP contribution is -1.96. The molecule has 0 atom stereocenters. The molecule has 2 aromatic rings. The third kappa shape index (κ3) is 13.7. The Morgan fingerprint density at radius 1 is 0.758 bits per heavy atom. The molecule has 6 nitrogen and oxygen atoms in total. The van der Waals surface area contributed by atoms with Gasteiger partial charge in [-0.05, 0) is 50.5 Å². The van der Waals surface area contributed by atoms with Crippen molar-refractivity contribution in [1.29, 1.82) is 0 Å². The second-order valence-electron chi connectivity index (χ2n) is 5.50. The third-order valence-corrected chi connectivity index (χ3v) is 5.65. The van der Waals surface area contributed by atoms with Crippen LogP contribution in [-0.4, -0.2) is 0 Å². The van der Waals surface area contributed by atoms with E-state index in [4.69, 9.17) is 0 Å². The highest BCUT2D eigenvalue weighted by Gasteiger charge is 2.33. The van der Waals surface area contributed by atoms with Crippen LogP contribution in [0, 0.1) is 35.5 Å². The normalized spacial score (nSPS) is 9.06. The zero-order chi connectivity index (χ0) is 27.0. The molecule has 0 saturated carbocycles. The smallest absolute Gasteiger partial charge is 0.143 e. The molecule has 0 amide bonds. The van der Waals surface area contributed by atoms with E-state index < -0.39 is 10.6 Å². The van der Waals surface area contributed by atoms with Crippen molar-refractivity contribution in [3.8, 4) is 0 Å². The Kier molecular flexibility index (Phi) is 28.0. The predicted molar refractivity (Wildman–Crippen MR) is 152 cm³/mol. The number of aryl methyl sites for hydroxylation is 4. The van der Waals surface area contributed by atoms with Crippen LogP contribution in [0.4, 0.5) is 0 Å². The number of benzene rings is 2. The first-order chi connectivity index (χ1) is 15.8. The fourth-order valence-electron chi connectivity index (χ4n) is 2.09. The molecule has 33 heavy (non-hydrogen) atoms. The van der Waals surface area contributed by atoms with E-state index in [0.29, 0.717) is 12.0 Å². The Labute approximate surface area is 208 Å². The molecule has 0 fully saturated rings. The summed E-state index contributed by atoms with van der Waals surface area (Å²) in [5.41, 5.74) is 4.02. The van der Waals surface area contributed by atoms with Gasteiger partial charge in [0.25, 0.3) is 0 Å². The zero-order valence-corrected chi connectivity index (χ0v) is 23.7. The fraction of sp³-hybridized carbons (Fsp3) is 0.440. The summed E-state index contributed by atoms with van der Waals surface area (Å²) in [6.07, 6.45) is 0.651. The standard InChI is InChI=1S/C9H11N3O3S2.C8H10.3C2H6.C2H4/c1-3-7-5-9(6(2)4-8(7)16)17(10-13,11-14)12-15;1-7-3-5-8(2)6-4-7;4*1-2/h4-5,16H,3H2,1-2H3;3-6H,1-2H3;3*1-2H3;1-2H2. The van der Waals surface area contributed by atoms with Crippen molar-refractivity contribution in [2.75, 3.05) is 0 Å². The first kappa shape index (κ1) is 38.0. The number of rotatable bonds is 5. The molecule has 2 aromatic carbocycles. The summed E-state index contributed by atoms with van der Waals surface area (Å²) < 4.78 is 7.63. The minimum Gasteiger partial charge on any atom is -0.143 e. The molecule has 8 heteroatoms. The van der Waals surface area contributed by atoms with Crippen LogP contribution in [-0.2, 0) is 6.42 Å². The molecule has 0 aliphatic rings. The van der Waals surface area contributed by atoms with E-state index in [1.165, 1.54) is 11.1 Å². The molecule has 0 saturated heterocycles. The monoisotopic (exact) mass is 497 g/mol. The van der Waals surface area contributed by atoms with Crippen molar-refractivity contribution in [3.63, 3.8) is 0 Å². The van der Waals surface area contributed by atoms with Crippen molar-refractivity contribution >= 4 is 23.2 Å². The lowest BCUT2D eigenvalue weighted by atomic mass is 10.1. The highest BCUT2D eigenvalue weighted by atomic mass is 32.3. The Balaban J connectivity index is -0.000000219. The zero-order valence-electron chi connectivity index (χ0n) is 22.0. The van der Waals surface area contributed by atoms with Gasteiger partial charge in [0.15, 0.2) is 10.6 Å². The summed E-state index contributed by atoms with van der Waals surface area (Å²) in [4.78, 5) is 33.0. The van der Waals surface area contributed by atoms with E-state index >= 15 is 0 Å². The van der Waals surface area contributed by atoms with E-state index in [1.807, 2.05) is 48.5 Å². The summed E-state index contributed by atoms with van der Waals surface area (Å²) >= 11 is 4.26. The third-order valence-electron chi connectivity index (χ3n) is 3.58. The molecule has 0 aliphatic heterocycles. The minimum atomic E-state index is -3.39. The van der Waals surface area contributed by atoms with Gasteiger partial charge in [0.2, 0.25) is 0 Å². The molecule has 2 rings (SSSR count). The summed E-state index contributed by atoms with van der Waals surface area (Å²) in [6, 6.07) is 11.7. The summed E-state index contributed by atoms with van der Waals surface area (Å²) in [5, 5.41) is 0.